The first-order valence-corrected chi connectivity index (χ1v) is 8.77. The van der Waals surface area contributed by atoms with Gasteiger partial charge in [0.2, 0.25) is 11.8 Å². The highest BCUT2D eigenvalue weighted by Crippen LogP contribution is 2.28. The largest absolute Gasteiger partial charge is 0.495 e. The van der Waals surface area contributed by atoms with E-state index in [0.29, 0.717) is 11.4 Å². The molecule has 0 aromatic heterocycles. The summed E-state index contributed by atoms with van der Waals surface area (Å²) in [6.07, 6.45) is 0. The van der Waals surface area contributed by atoms with E-state index in [-0.39, 0.29) is 17.1 Å². The maximum Gasteiger partial charge on any atom is 0.237 e. The van der Waals surface area contributed by atoms with Crippen molar-refractivity contribution in [1.29, 1.82) is 0 Å². The molecular formula is C19H22N2O3S. The lowest BCUT2D eigenvalue weighted by Gasteiger charge is -2.15. The molecule has 1 atom stereocenters. The molecule has 25 heavy (non-hydrogen) atoms. The molecule has 1 unspecified atom stereocenters. The van der Waals surface area contributed by atoms with Crippen LogP contribution in [0, 0.1) is 6.92 Å². The molecule has 2 aromatic carbocycles. The van der Waals surface area contributed by atoms with E-state index in [1.165, 1.54) is 18.7 Å². The summed E-state index contributed by atoms with van der Waals surface area (Å²) in [4.78, 5) is 24.5. The second kappa shape index (κ2) is 8.58. The molecule has 0 saturated carbocycles. The molecule has 0 spiro atoms. The van der Waals surface area contributed by atoms with Crippen LogP contribution < -0.4 is 15.4 Å². The first-order chi connectivity index (χ1) is 11.9. The van der Waals surface area contributed by atoms with E-state index < -0.39 is 0 Å². The van der Waals surface area contributed by atoms with Crippen LogP contribution in [-0.2, 0) is 9.59 Å². The fraction of sp³-hybridized carbons (Fsp3) is 0.263. The molecule has 0 radical (unpaired) electrons. The first-order valence-electron chi connectivity index (χ1n) is 7.89. The Balaban J connectivity index is 2.00. The molecule has 0 saturated heterocycles. The van der Waals surface area contributed by atoms with Crippen molar-refractivity contribution in [3.05, 3.63) is 48.0 Å². The average molecular weight is 358 g/mol. The number of hydrogen-bond donors (Lipinski definition) is 2. The number of hydrogen-bond acceptors (Lipinski definition) is 4. The van der Waals surface area contributed by atoms with Crippen molar-refractivity contribution in [3.63, 3.8) is 0 Å². The zero-order valence-electron chi connectivity index (χ0n) is 14.8. The van der Waals surface area contributed by atoms with Crippen LogP contribution in [0.3, 0.4) is 0 Å². The Morgan fingerprint density at radius 1 is 1.08 bits per heavy atom. The molecule has 2 amide bonds. The molecule has 6 heteroatoms. The van der Waals surface area contributed by atoms with Gasteiger partial charge < -0.3 is 15.4 Å². The van der Waals surface area contributed by atoms with Gasteiger partial charge in [0.15, 0.2) is 0 Å². The summed E-state index contributed by atoms with van der Waals surface area (Å²) in [7, 11) is 1.58. The Kier molecular flexibility index (Phi) is 6.47. The van der Waals surface area contributed by atoms with E-state index in [4.69, 9.17) is 4.74 Å². The summed E-state index contributed by atoms with van der Waals surface area (Å²) in [5.74, 6) is 0.427. The smallest absolute Gasteiger partial charge is 0.237 e. The summed E-state index contributed by atoms with van der Waals surface area (Å²) < 4.78 is 5.29. The highest BCUT2D eigenvalue weighted by Gasteiger charge is 2.16. The Hall–Kier alpha value is -2.47. The lowest BCUT2D eigenvalue weighted by Crippen LogP contribution is -2.22. The number of methoxy groups -OCH3 is 1. The molecule has 2 rings (SSSR count). The number of thioether (sulfide) groups is 1. The number of ether oxygens (including phenoxy) is 1. The van der Waals surface area contributed by atoms with E-state index in [9.17, 15) is 9.59 Å². The lowest BCUT2D eigenvalue weighted by atomic mass is 10.2. The summed E-state index contributed by atoms with van der Waals surface area (Å²) in [6.45, 7) is 5.28. The van der Waals surface area contributed by atoms with Gasteiger partial charge in [-0.15, -0.1) is 11.8 Å². The van der Waals surface area contributed by atoms with Crippen molar-refractivity contribution in [3.8, 4) is 5.75 Å². The van der Waals surface area contributed by atoms with Crippen molar-refractivity contribution in [1.82, 2.24) is 0 Å². The topological polar surface area (TPSA) is 67.4 Å². The van der Waals surface area contributed by atoms with Gasteiger partial charge in [0.1, 0.15) is 5.75 Å². The number of rotatable bonds is 6. The van der Waals surface area contributed by atoms with Gasteiger partial charge in [0, 0.05) is 17.5 Å². The second-order valence-electron chi connectivity index (χ2n) is 5.66. The molecule has 5 nitrogen and oxygen atoms in total. The van der Waals surface area contributed by atoms with Crippen molar-refractivity contribution < 1.29 is 14.3 Å². The second-order valence-corrected chi connectivity index (χ2v) is 7.07. The van der Waals surface area contributed by atoms with E-state index in [2.05, 4.69) is 10.6 Å². The van der Waals surface area contributed by atoms with Crippen LogP contribution in [-0.4, -0.2) is 24.2 Å². The summed E-state index contributed by atoms with van der Waals surface area (Å²) in [5, 5.41) is 5.35. The number of amides is 2. The predicted molar refractivity (Wildman–Crippen MR) is 102 cm³/mol. The summed E-state index contributed by atoms with van der Waals surface area (Å²) in [5.41, 5.74) is 2.45. The van der Waals surface area contributed by atoms with Crippen LogP contribution in [0.2, 0.25) is 0 Å². The third kappa shape index (κ3) is 5.53. The minimum Gasteiger partial charge on any atom is -0.495 e. The summed E-state index contributed by atoms with van der Waals surface area (Å²) in [6, 6.07) is 13.1. The Morgan fingerprint density at radius 3 is 2.36 bits per heavy atom. The Bertz CT molecular complexity index is 760. The average Bonchev–Trinajstić information content (AvgIpc) is 2.56. The monoisotopic (exact) mass is 358 g/mol. The van der Waals surface area contributed by atoms with Crippen molar-refractivity contribution in [2.75, 3.05) is 17.7 Å². The van der Waals surface area contributed by atoms with Crippen molar-refractivity contribution >= 4 is 35.0 Å². The summed E-state index contributed by atoms with van der Waals surface area (Å²) >= 11 is 1.45. The third-order valence-corrected chi connectivity index (χ3v) is 4.58. The molecule has 0 aliphatic carbocycles. The molecule has 0 heterocycles. The van der Waals surface area contributed by atoms with Crippen LogP contribution in [0.4, 0.5) is 11.4 Å². The van der Waals surface area contributed by atoms with Gasteiger partial charge in [-0.2, -0.15) is 0 Å². The van der Waals surface area contributed by atoms with Gasteiger partial charge >= 0.3 is 0 Å². The molecule has 2 aromatic rings. The zero-order valence-corrected chi connectivity index (χ0v) is 15.6. The number of carbonyl (C=O) groups is 2. The quantitative estimate of drug-likeness (QED) is 0.764. The maximum absolute atomic E-state index is 12.5. The van der Waals surface area contributed by atoms with Gasteiger partial charge in [0.05, 0.1) is 18.0 Å². The van der Waals surface area contributed by atoms with Gasteiger partial charge in [-0.05, 0) is 55.8 Å². The number of aryl methyl sites for hydroxylation is 1. The Labute approximate surface area is 152 Å². The predicted octanol–water partition coefficient (Wildman–Crippen LogP) is 4.08. The molecular weight excluding hydrogens is 336 g/mol. The number of benzene rings is 2. The van der Waals surface area contributed by atoms with E-state index in [1.807, 2.05) is 56.3 Å². The molecule has 132 valence electrons. The highest BCUT2D eigenvalue weighted by molar-refractivity contribution is 8.00. The van der Waals surface area contributed by atoms with Crippen LogP contribution in [0.15, 0.2) is 47.4 Å². The van der Waals surface area contributed by atoms with Crippen LogP contribution in [0.1, 0.15) is 19.4 Å². The van der Waals surface area contributed by atoms with Crippen LogP contribution in [0.5, 0.6) is 5.75 Å². The molecule has 0 fully saturated rings. The lowest BCUT2D eigenvalue weighted by molar-refractivity contribution is -0.115. The molecule has 0 bridgehead atoms. The SMILES string of the molecule is COc1ccc(C)cc1NC(=O)C(C)Sc1ccc(NC(C)=O)cc1. The fourth-order valence-electron chi connectivity index (χ4n) is 2.23. The molecule has 0 aliphatic rings. The first kappa shape index (κ1) is 18.9. The highest BCUT2D eigenvalue weighted by atomic mass is 32.2. The van der Waals surface area contributed by atoms with Gasteiger partial charge in [0.25, 0.3) is 0 Å². The minimum absolute atomic E-state index is 0.0974. The maximum atomic E-state index is 12.5. The van der Waals surface area contributed by atoms with Crippen molar-refractivity contribution in [2.45, 2.75) is 30.9 Å². The zero-order chi connectivity index (χ0) is 18.4. The van der Waals surface area contributed by atoms with E-state index in [0.717, 1.165) is 16.1 Å². The standard InChI is InChI=1S/C19H22N2O3S/c1-12-5-10-18(24-4)17(11-12)21-19(23)13(2)25-16-8-6-15(7-9-16)20-14(3)22/h5-11,13H,1-4H3,(H,20,22)(H,21,23). The van der Waals surface area contributed by atoms with Gasteiger partial charge in [-0.25, -0.2) is 0 Å². The van der Waals surface area contributed by atoms with Gasteiger partial charge in [-0.3, -0.25) is 9.59 Å². The minimum atomic E-state index is -0.281. The van der Waals surface area contributed by atoms with Gasteiger partial charge in [-0.1, -0.05) is 6.07 Å². The number of nitrogens with one attached hydrogen (secondary N) is 2. The number of anilines is 2. The normalized spacial score (nSPS) is 11.5. The molecule has 2 N–H and O–H groups in total. The number of carbonyl (C=O) groups excluding carboxylic acids is 2. The third-order valence-electron chi connectivity index (χ3n) is 3.47. The molecule has 0 aliphatic heterocycles. The fourth-order valence-corrected chi connectivity index (χ4v) is 3.10. The van der Waals surface area contributed by atoms with E-state index in [1.54, 1.807) is 7.11 Å². The van der Waals surface area contributed by atoms with Crippen molar-refractivity contribution in [2.24, 2.45) is 0 Å². The van der Waals surface area contributed by atoms with Crippen LogP contribution in [0.25, 0.3) is 0 Å². The van der Waals surface area contributed by atoms with Crippen LogP contribution >= 0.6 is 11.8 Å². The van der Waals surface area contributed by atoms with E-state index >= 15 is 0 Å². The Morgan fingerprint density at radius 2 is 1.76 bits per heavy atom.